The molecule has 1 rings (SSSR count). The van der Waals surface area contributed by atoms with Crippen LogP contribution in [-0.2, 0) is 11.2 Å². The molecule has 0 bridgehead atoms. The standard InChI is InChI=1S/C12H15BrFNOS/c1-15(12(16)5-7-17)6-4-9-8-10(13)2-3-11(9)14/h2-3,8,17H,4-7H2,1H3. The van der Waals surface area contributed by atoms with E-state index in [2.05, 4.69) is 28.6 Å². The van der Waals surface area contributed by atoms with Gasteiger partial charge in [0.25, 0.3) is 0 Å². The van der Waals surface area contributed by atoms with E-state index in [1.165, 1.54) is 6.07 Å². The number of amides is 1. The molecule has 1 aromatic carbocycles. The van der Waals surface area contributed by atoms with E-state index >= 15 is 0 Å². The third-order valence-corrected chi connectivity index (χ3v) is 3.19. The quantitative estimate of drug-likeness (QED) is 0.827. The van der Waals surface area contributed by atoms with E-state index in [1.807, 2.05) is 0 Å². The second kappa shape index (κ2) is 7.01. The summed E-state index contributed by atoms with van der Waals surface area (Å²) in [6.45, 7) is 0.514. The second-order valence-corrected chi connectivity index (χ2v) is 5.14. The largest absolute Gasteiger partial charge is 0.345 e. The number of rotatable bonds is 5. The Labute approximate surface area is 115 Å². The molecule has 0 spiro atoms. The first kappa shape index (κ1) is 14.5. The van der Waals surface area contributed by atoms with Crippen LogP contribution >= 0.6 is 28.6 Å². The molecule has 2 nitrogen and oxygen atoms in total. The Bertz CT molecular complexity index is 400. The molecule has 1 amide bonds. The monoisotopic (exact) mass is 319 g/mol. The second-order valence-electron chi connectivity index (χ2n) is 3.77. The molecule has 1 aromatic rings. The summed E-state index contributed by atoms with van der Waals surface area (Å²) in [5, 5.41) is 0. The van der Waals surface area contributed by atoms with Crippen molar-refractivity contribution in [3.8, 4) is 0 Å². The number of benzene rings is 1. The van der Waals surface area contributed by atoms with Gasteiger partial charge in [0.05, 0.1) is 0 Å². The van der Waals surface area contributed by atoms with E-state index in [4.69, 9.17) is 0 Å². The number of carbonyl (C=O) groups excluding carboxylic acids is 1. The molecule has 17 heavy (non-hydrogen) atoms. The van der Waals surface area contributed by atoms with Crippen molar-refractivity contribution in [2.24, 2.45) is 0 Å². The van der Waals surface area contributed by atoms with Gasteiger partial charge in [-0.1, -0.05) is 15.9 Å². The number of likely N-dealkylation sites (N-methyl/N-ethyl adjacent to an activating group) is 1. The number of carbonyl (C=O) groups is 1. The van der Waals surface area contributed by atoms with E-state index in [0.29, 0.717) is 30.7 Å². The van der Waals surface area contributed by atoms with Crippen molar-refractivity contribution >= 4 is 34.5 Å². The third-order valence-electron chi connectivity index (χ3n) is 2.48. The third kappa shape index (κ3) is 4.68. The summed E-state index contributed by atoms with van der Waals surface area (Å²) in [7, 11) is 1.72. The van der Waals surface area contributed by atoms with Crippen LogP contribution in [0, 0.1) is 5.82 Å². The van der Waals surface area contributed by atoms with Gasteiger partial charge in [0, 0.05) is 24.5 Å². The Morgan fingerprint density at radius 1 is 1.53 bits per heavy atom. The Hall–Kier alpha value is -0.550. The Morgan fingerprint density at radius 3 is 2.88 bits per heavy atom. The van der Waals surface area contributed by atoms with Crippen molar-refractivity contribution in [3.05, 3.63) is 34.1 Å². The van der Waals surface area contributed by atoms with Gasteiger partial charge < -0.3 is 4.90 Å². The summed E-state index contributed by atoms with van der Waals surface area (Å²) in [6.07, 6.45) is 0.931. The number of hydrogen-bond donors (Lipinski definition) is 1. The van der Waals surface area contributed by atoms with Crippen LogP contribution in [-0.4, -0.2) is 30.2 Å². The van der Waals surface area contributed by atoms with E-state index in [1.54, 1.807) is 24.1 Å². The molecule has 0 aliphatic rings. The van der Waals surface area contributed by atoms with Crippen molar-refractivity contribution < 1.29 is 9.18 Å². The van der Waals surface area contributed by atoms with Crippen LogP contribution in [0.25, 0.3) is 0 Å². The van der Waals surface area contributed by atoms with Gasteiger partial charge >= 0.3 is 0 Å². The molecular formula is C12H15BrFNOS. The number of hydrogen-bond acceptors (Lipinski definition) is 2. The van der Waals surface area contributed by atoms with Crippen LogP contribution in [0.1, 0.15) is 12.0 Å². The molecule has 0 aliphatic carbocycles. The Kier molecular flexibility index (Phi) is 5.98. The van der Waals surface area contributed by atoms with Crippen molar-refractivity contribution in [1.82, 2.24) is 4.90 Å². The van der Waals surface area contributed by atoms with E-state index < -0.39 is 0 Å². The molecular weight excluding hydrogens is 305 g/mol. The average molecular weight is 320 g/mol. The van der Waals surface area contributed by atoms with Gasteiger partial charge in [0.1, 0.15) is 5.82 Å². The zero-order chi connectivity index (χ0) is 12.8. The lowest BCUT2D eigenvalue weighted by atomic mass is 10.1. The highest BCUT2D eigenvalue weighted by molar-refractivity contribution is 9.10. The molecule has 0 N–H and O–H groups in total. The smallest absolute Gasteiger partial charge is 0.223 e. The molecule has 0 radical (unpaired) electrons. The predicted molar refractivity (Wildman–Crippen MR) is 73.9 cm³/mol. The summed E-state index contributed by atoms with van der Waals surface area (Å²) in [4.78, 5) is 13.1. The first-order valence-corrected chi connectivity index (χ1v) is 6.76. The Morgan fingerprint density at radius 2 is 2.24 bits per heavy atom. The lowest BCUT2D eigenvalue weighted by Gasteiger charge is -2.16. The molecule has 0 saturated carbocycles. The van der Waals surface area contributed by atoms with Gasteiger partial charge in [-0.25, -0.2) is 4.39 Å². The highest BCUT2D eigenvalue weighted by Gasteiger charge is 2.09. The highest BCUT2D eigenvalue weighted by Crippen LogP contribution is 2.16. The minimum absolute atomic E-state index is 0.0374. The van der Waals surface area contributed by atoms with Crippen molar-refractivity contribution in [1.29, 1.82) is 0 Å². The lowest BCUT2D eigenvalue weighted by Crippen LogP contribution is -2.29. The minimum atomic E-state index is -0.233. The van der Waals surface area contributed by atoms with Crippen LogP contribution in [0.3, 0.4) is 0 Å². The fourth-order valence-corrected chi connectivity index (χ4v) is 2.03. The van der Waals surface area contributed by atoms with Crippen LogP contribution in [0.5, 0.6) is 0 Å². The average Bonchev–Trinajstić information content (AvgIpc) is 2.30. The summed E-state index contributed by atoms with van der Waals surface area (Å²) >= 11 is 7.31. The molecule has 0 heterocycles. The van der Waals surface area contributed by atoms with Gasteiger partial charge in [0.15, 0.2) is 0 Å². The van der Waals surface area contributed by atoms with Crippen LogP contribution in [0.4, 0.5) is 4.39 Å². The van der Waals surface area contributed by atoms with Crippen molar-refractivity contribution in [2.75, 3.05) is 19.3 Å². The summed E-state index contributed by atoms with van der Waals surface area (Å²) in [5.74, 6) is 0.340. The van der Waals surface area contributed by atoms with Gasteiger partial charge in [-0.3, -0.25) is 4.79 Å². The molecule has 5 heteroatoms. The first-order chi connectivity index (χ1) is 8.04. The topological polar surface area (TPSA) is 20.3 Å². The zero-order valence-electron chi connectivity index (χ0n) is 9.62. The zero-order valence-corrected chi connectivity index (χ0v) is 12.1. The number of nitrogens with zero attached hydrogens (tertiary/aromatic N) is 1. The minimum Gasteiger partial charge on any atom is -0.345 e. The molecule has 0 unspecified atom stereocenters. The summed E-state index contributed by atoms with van der Waals surface area (Å²) in [5.41, 5.74) is 0.616. The van der Waals surface area contributed by atoms with E-state index in [9.17, 15) is 9.18 Å². The van der Waals surface area contributed by atoms with Gasteiger partial charge in [-0.2, -0.15) is 12.6 Å². The molecule has 94 valence electrons. The first-order valence-electron chi connectivity index (χ1n) is 5.33. The van der Waals surface area contributed by atoms with Gasteiger partial charge in [-0.15, -0.1) is 0 Å². The molecule has 0 fully saturated rings. The molecule has 0 aromatic heterocycles. The van der Waals surface area contributed by atoms with Crippen LogP contribution in [0.15, 0.2) is 22.7 Å². The Balaban J connectivity index is 2.55. The summed E-state index contributed by atoms with van der Waals surface area (Å²) in [6, 6.07) is 4.83. The maximum Gasteiger partial charge on any atom is 0.223 e. The maximum atomic E-state index is 13.4. The fraction of sp³-hybridized carbons (Fsp3) is 0.417. The maximum absolute atomic E-state index is 13.4. The van der Waals surface area contributed by atoms with Gasteiger partial charge in [-0.05, 0) is 35.9 Å². The number of halogens is 2. The highest BCUT2D eigenvalue weighted by atomic mass is 79.9. The van der Waals surface area contributed by atoms with Crippen LogP contribution < -0.4 is 0 Å². The number of thiol groups is 1. The normalized spacial score (nSPS) is 10.4. The predicted octanol–water partition coefficient (Wildman–Crippen LogP) is 2.91. The fourth-order valence-electron chi connectivity index (χ4n) is 1.43. The van der Waals surface area contributed by atoms with Crippen LogP contribution in [0.2, 0.25) is 0 Å². The van der Waals surface area contributed by atoms with E-state index in [-0.39, 0.29) is 11.7 Å². The van der Waals surface area contributed by atoms with Gasteiger partial charge in [0.2, 0.25) is 5.91 Å². The van der Waals surface area contributed by atoms with Crippen molar-refractivity contribution in [3.63, 3.8) is 0 Å². The van der Waals surface area contributed by atoms with E-state index in [0.717, 1.165) is 4.47 Å². The molecule has 0 saturated heterocycles. The SMILES string of the molecule is CN(CCc1cc(Br)ccc1F)C(=O)CCS. The summed E-state index contributed by atoms with van der Waals surface area (Å²) < 4.78 is 14.3. The molecule has 0 aliphatic heterocycles. The van der Waals surface area contributed by atoms with Crippen molar-refractivity contribution in [2.45, 2.75) is 12.8 Å². The lowest BCUT2D eigenvalue weighted by molar-refractivity contribution is -0.129. The molecule has 0 atom stereocenters.